The summed E-state index contributed by atoms with van der Waals surface area (Å²) in [5.41, 5.74) is 0.954. The third kappa shape index (κ3) is 3.13. The van der Waals surface area contributed by atoms with Gasteiger partial charge < -0.3 is 0 Å². The van der Waals surface area contributed by atoms with Gasteiger partial charge in [-0.1, -0.05) is 30.2 Å². The minimum absolute atomic E-state index is 0.135. The van der Waals surface area contributed by atoms with E-state index in [1.54, 1.807) is 6.20 Å². The van der Waals surface area contributed by atoms with Crippen LogP contribution in [0.1, 0.15) is 56.4 Å². The molecule has 0 radical (unpaired) electrons. The second-order valence-electron chi connectivity index (χ2n) is 7.96. The molecule has 1 saturated carbocycles. The van der Waals surface area contributed by atoms with Gasteiger partial charge in [0.05, 0.1) is 29.7 Å². The zero-order chi connectivity index (χ0) is 18.9. The van der Waals surface area contributed by atoms with Crippen LogP contribution in [0.4, 0.5) is 0 Å². The standard InChI is InChI=1S/C21H26N6O/c28-21-17-8-3-4-9-18(17)23-20(27(21)16-6-1-2-7-16)19-10-5-12-25(19)14-15-26-13-11-22-24-26/h3-4,8-9,11,13,16,19H,1-2,5-7,10,12,14-15H2. The highest BCUT2D eigenvalue weighted by Gasteiger charge is 2.32. The summed E-state index contributed by atoms with van der Waals surface area (Å²) in [7, 11) is 0. The van der Waals surface area contributed by atoms with Crippen molar-refractivity contribution in [2.45, 2.75) is 57.2 Å². The molecule has 146 valence electrons. The van der Waals surface area contributed by atoms with Gasteiger partial charge in [0.15, 0.2) is 0 Å². The normalized spacial score (nSPS) is 21.1. The summed E-state index contributed by atoms with van der Waals surface area (Å²) in [4.78, 5) is 20.9. The molecular formula is C21H26N6O. The molecule has 2 aromatic heterocycles. The number of aromatic nitrogens is 5. The van der Waals surface area contributed by atoms with E-state index >= 15 is 0 Å². The zero-order valence-corrected chi connectivity index (χ0v) is 16.1. The molecule has 1 saturated heterocycles. The SMILES string of the molecule is O=c1c2ccccc2nc(C2CCCN2CCn2ccnn2)n1C1CCCC1. The number of hydrogen-bond acceptors (Lipinski definition) is 5. The number of nitrogens with zero attached hydrogens (tertiary/aromatic N) is 6. The van der Waals surface area contributed by atoms with Crippen LogP contribution in [0, 0.1) is 0 Å². The van der Waals surface area contributed by atoms with Crippen molar-refractivity contribution in [3.8, 4) is 0 Å². The van der Waals surface area contributed by atoms with Gasteiger partial charge in [-0.15, -0.1) is 5.10 Å². The number of para-hydroxylation sites is 1. The fourth-order valence-corrected chi connectivity index (χ4v) is 4.88. The van der Waals surface area contributed by atoms with Gasteiger partial charge in [-0.2, -0.15) is 0 Å². The molecule has 1 atom stereocenters. The van der Waals surface area contributed by atoms with Gasteiger partial charge in [-0.25, -0.2) is 4.98 Å². The summed E-state index contributed by atoms with van der Waals surface area (Å²) in [5, 5.41) is 8.71. The lowest BCUT2D eigenvalue weighted by Gasteiger charge is -2.28. The molecule has 1 aliphatic heterocycles. The van der Waals surface area contributed by atoms with E-state index in [0.29, 0.717) is 0 Å². The van der Waals surface area contributed by atoms with Gasteiger partial charge in [-0.05, 0) is 44.4 Å². The molecule has 2 fully saturated rings. The van der Waals surface area contributed by atoms with E-state index < -0.39 is 0 Å². The largest absolute Gasteiger partial charge is 0.292 e. The lowest BCUT2D eigenvalue weighted by Crippen LogP contribution is -2.35. The van der Waals surface area contributed by atoms with Gasteiger partial charge >= 0.3 is 0 Å². The number of likely N-dealkylation sites (tertiary alicyclic amines) is 1. The van der Waals surface area contributed by atoms with Crippen molar-refractivity contribution >= 4 is 10.9 Å². The third-order valence-electron chi connectivity index (χ3n) is 6.27. The van der Waals surface area contributed by atoms with E-state index in [9.17, 15) is 4.79 Å². The van der Waals surface area contributed by atoms with E-state index in [-0.39, 0.29) is 17.6 Å². The minimum Gasteiger partial charge on any atom is -0.292 e. The van der Waals surface area contributed by atoms with Crippen LogP contribution < -0.4 is 5.56 Å². The van der Waals surface area contributed by atoms with Crippen molar-refractivity contribution in [1.82, 2.24) is 29.4 Å². The van der Waals surface area contributed by atoms with Gasteiger partial charge in [0.25, 0.3) is 5.56 Å². The maximum Gasteiger partial charge on any atom is 0.261 e. The Balaban J connectivity index is 1.54. The Morgan fingerprint density at radius 2 is 1.89 bits per heavy atom. The van der Waals surface area contributed by atoms with Gasteiger partial charge in [-0.3, -0.25) is 18.9 Å². The highest BCUT2D eigenvalue weighted by Crippen LogP contribution is 2.35. The topological polar surface area (TPSA) is 68.8 Å². The Labute approximate surface area is 164 Å². The van der Waals surface area contributed by atoms with Crippen LogP contribution in [0.25, 0.3) is 10.9 Å². The van der Waals surface area contributed by atoms with Crippen molar-refractivity contribution in [1.29, 1.82) is 0 Å². The molecule has 3 heterocycles. The first-order chi connectivity index (χ1) is 13.8. The van der Waals surface area contributed by atoms with Gasteiger partial charge in [0, 0.05) is 18.8 Å². The molecule has 1 aromatic carbocycles. The van der Waals surface area contributed by atoms with Crippen LogP contribution >= 0.6 is 0 Å². The zero-order valence-electron chi connectivity index (χ0n) is 16.1. The molecule has 5 rings (SSSR count). The molecule has 7 nitrogen and oxygen atoms in total. The second kappa shape index (κ2) is 7.47. The highest BCUT2D eigenvalue weighted by molar-refractivity contribution is 5.77. The fourth-order valence-electron chi connectivity index (χ4n) is 4.88. The molecule has 1 aliphatic carbocycles. The first-order valence-corrected chi connectivity index (χ1v) is 10.4. The summed E-state index contributed by atoms with van der Waals surface area (Å²) in [6.45, 7) is 2.73. The summed E-state index contributed by atoms with van der Waals surface area (Å²) in [5.74, 6) is 0.965. The number of fused-ring (bicyclic) bond motifs is 1. The predicted octanol–water partition coefficient (Wildman–Crippen LogP) is 2.94. The van der Waals surface area contributed by atoms with Gasteiger partial charge in [0.1, 0.15) is 5.82 Å². The van der Waals surface area contributed by atoms with Gasteiger partial charge in [0.2, 0.25) is 0 Å². The average molecular weight is 378 g/mol. The molecule has 0 N–H and O–H groups in total. The predicted molar refractivity (Wildman–Crippen MR) is 107 cm³/mol. The molecule has 1 unspecified atom stereocenters. The molecular weight excluding hydrogens is 352 g/mol. The van der Waals surface area contributed by atoms with Crippen molar-refractivity contribution < 1.29 is 0 Å². The van der Waals surface area contributed by atoms with Crippen LogP contribution in [0.5, 0.6) is 0 Å². The van der Waals surface area contributed by atoms with E-state index in [0.717, 1.165) is 62.0 Å². The Morgan fingerprint density at radius 1 is 1.04 bits per heavy atom. The Hall–Kier alpha value is -2.54. The lowest BCUT2D eigenvalue weighted by molar-refractivity contribution is 0.224. The molecule has 2 aliphatic rings. The number of benzene rings is 1. The summed E-state index contributed by atoms with van der Waals surface area (Å²) < 4.78 is 3.92. The Kier molecular flexibility index (Phi) is 4.68. The lowest BCUT2D eigenvalue weighted by atomic mass is 10.1. The first kappa shape index (κ1) is 17.6. The van der Waals surface area contributed by atoms with E-state index in [2.05, 4.69) is 15.2 Å². The quantitative estimate of drug-likeness (QED) is 0.683. The fraction of sp³-hybridized carbons (Fsp3) is 0.524. The smallest absolute Gasteiger partial charge is 0.261 e. The second-order valence-corrected chi connectivity index (χ2v) is 7.96. The summed E-state index contributed by atoms with van der Waals surface area (Å²) >= 11 is 0. The monoisotopic (exact) mass is 378 g/mol. The van der Waals surface area contributed by atoms with Crippen molar-refractivity contribution in [2.75, 3.05) is 13.1 Å². The van der Waals surface area contributed by atoms with Crippen LogP contribution in [0.2, 0.25) is 0 Å². The van der Waals surface area contributed by atoms with Crippen LogP contribution in [-0.2, 0) is 6.54 Å². The first-order valence-electron chi connectivity index (χ1n) is 10.4. The maximum atomic E-state index is 13.4. The van der Waals surface area contributed by atoms with E-state index in [1.807, 2.05) is 39.7 Å². The van der Waals surface area contributed by atoms with Crippen molar-refractivity contribution in [3.63, 3.8) is 0 Å². The Morgan fingerprint density at radius 3 is 2.71 bits per heavy atom. The molecule has 7 heteroatoms. The van der Waals surface area contributed by atoms with Crippen LogP contribution in [0.15, 0.2) is 41.5 Å². The molecule has 0 bridgehead atoms. The van der Waals surface area contributed by atoms with E-state index in [1.165, 1.54) is 12.8 Å². The number of rotatable bonds is 5. The third-order valence-corrected chi connectivity index (χ3v) is 6.27. The minimum atomic E-state index is 0.135. The average Bonchev–Trinajstić information content (AvgIpc) is 3.48. The Bertz CT molecular complexity index is 1010. The van der Waals surface area contributed by atoms with Crippen LogP contribution in [-0.4, -0.2) is 42.5 Å². The maximum absolute atomic E-state index is 13.4. The molecule has 0 amide bonds. The summed E-state index contributed by atoms with van der Waals surface area (Å²) in [6, 6.07) is 8.27. The molecule has 3 aromatic rings. The highest BCUT2D eigenvalue weighted by atomic mass is 16.1. The molecule has 0 spiro atoms. The van der Waals surface area contributed by atoms with Crippen LogP contribution in [0.3, 0.4) is 0 Å². The summed E-state index contributed by atoms with van der Waals surface area (Å²) in [6.07, 6.45) is 10.4. The molecule has 28 heavy (non-hydrogen) atoms. The van der Waals surface area contributed by atoms with Crippen molar-refractivity contribution in [2.24, 2.45) is 0 Å². The van der Waals surface area contributed by atoms with Crippen molar-refractivity contribution in [3.05, 3.63) is 52.8 Å². The van der Waals surface area contributed by atoms with E-state index in [4.69, 9.17) is 4.98 Å². The number of hydrogen-bond donors (Lipinski definition) is 0.